The van der Waals surface area contributed by atoms with Gasteiger partial charge in [-0.15, -0.1) is 0 Å². The zero-order valence-corrected chi connectivity index (χ0v) is 7.47. The third kappa shape index (κ3) is 1.19. The highest BCUT2D eigenvalue weighted by molar-refractivity contribution is 5.85. The first kappa shape index (κ1) is 8.55. The van der Waals surface area contributed by atoms with Gasteiger partial charge in [0.15, 0.2) is 5.52 Å². The van der Waals surface area contributed by atoms with Crippen LogP contribution in [0.15, 0.2) is 24.5 Å². The number of nitrogens with zero attached hydrogens (tertiary/aromatic N) is 3. The van der Waals surface area contributed by atoms with Crippen LogP contribution in [-0.2, 0) is 0 Å². The molecule has 0 radical (unpaired) electrons. The van der Waals surface area contributed by atoms with Gasteiger partial charge in [-0.3, -0.25) is 15.1 Å². The summed E-state index contributed by atoms with van der Waals surface area (Å²) in [6, 6.07) is 3.40. The third-order valence-corrected chi connectivity index (χ3v) is 2.00. The van der Waals surface area contributed by atoms with Gasteiger partial charge in [0.05, 0.1) is 10.4 Å². The minimum atomic E-state index is -0.424. The average Bonchev–Trinajstić information content (AvgIpc) is 2.17. The van der Waals surface area contributed by atoms with Crippen LogP contribution in [0.25, 0.3) is 11.0 Å². The minimum Gasteiger partial charge on any atom is -0.258 e. The molecule has 0 aliphatic rings. The second-order valence-electron chi connectivity index (χ2n) is 2.91. The molecule has 0 N–H and O–H groups in total. The summed E-state index contributed by atoms with van der Waals surface area (Å²) < 4.78 is 0. The lowest BCUT2D eigenvalue weighted by molar-refractivity contribution is -0.383. The second-order valence-corrected chi connectivity index (χ2v) is 2.91. The fourth-order valence-corrected chi connectivity index (χ4v) is 1.35. The normalized spacial score (nSPS) is 10.4. The third-order valence-electron chi connectivity index (χ3n) is 2.00. The number of hydrogen-bond donors (Lipinski definition) is 0. The van der Waals surface area contributed by atoms with E-state index in [-0.39, 0.29) is 5.69 Å². The van der Waals surface area contributed by atoms with Crippen LogP contribution in [0.4, 0.5) is 5.69 Å². The van der Waals surface area contributed by atoms with Gasteiger partial charge in [0, 0.05) is 18.0 Å². The van der Waals surface area contributed by atoms with E-state index in [9.17, 15) is 10.1 Å². The second kappa shape index (κ2) is 3.02. The Bertz CT molecular complexity index is 510. The van der Waals surface area contributed by atoms with Crippen LogP contribution in [0.5, 0.6) is 0 Å². The molecule has 0 aliphatic carbocycles. The SMILES string of the molecule is Cc1ccc2nccnc2c1[N+](=O)[O-]. The van der Waals surface area contributed by atoms with Crippen molar-refractivity contribution >= 4 is 16.7 Å². The summed E-state index contributed by atoms with van der Waals surface area (Å²) in [5.41, 5.74) is 1.53. The van der Waals surface area contributed by atoms with Gasteiger partial charge < -0.3 is 0 Å². The fraction of sp³-hybridized carbons (Fsp3) is 0.111. The first-order chi connectivity index (χ1) is 6.70. The Kier molecular flexibility index (Phi) is 1.85. The molecule has 2 aromatic rings. The average molecular weight is 189 g/mol. The van der Waals surface area contributed by atoms with Gasteiger partial charge in [0.25, 0.3) is 5.69 Å². The highest BCUT2D eigenvalue weighted by atomic mass is 16.6. The monoisotopic (exact) mass is 189 g/mol. The Labute approximate surface area is 79.6 Å². The van der Waals surface area contributed by atoms with Crippen LogP contribution in [0.3, 0.4) is 0 Å². The van der Waals surface area contributed by atoms with Crippen LogP contribution in [0, 0.1) is 17.0 Å². The van der Waals surface area contributed by atoms with E-state index in [2.05, 4.69) is 9.97 Å². The number of benzene rings is 1. The zero-order valence-electron chi connectivity index (χ0n) is 7.47. The van der Waals surface area contributed by atoms with E-state index in [1.54, 1.807) is 19.1 Å². The summed E-state index contributed by atoms with van der Waals surface area (Å²) in [6.45, 7) is 1.69. The van der Waals surface area contributed by atoms with Gasteiger partial charge in [-0.05, 0) is 13.0 Å². The molecule has 2 rings (SSSR count). The molecule has 0 unspecified atom stereocenters. The number of fused-ring (bicyclic) bond motifs is 1. The number of nitro groups is 1. The van der Waals surface area contributed by atoms with E-state index in [1.807, 2.05) is 0 Å². The Morgan fingerprint density at radius 1 is 1.29 bits per heavy atom. The molecule has 70 valence electrons. The first-order valence-corrected chi connectivity index (χ1v) is 4.05. The molecule has 0 saturated heterocycles. The smallest absolute Gasteiger partial charge is 0.258 e. The van der Waals surface area contributed by atoms with Crippen molar-refractivity contribution in [2.75, 3.05) is 0 Å². The van der Waals surface area contributed by atoms with E-state index in [4.69, 9.17) is 0 Å². The van der Waals surface area contributed by atoms with Crippen LogP contribution >= 0.6 is 0 Å². The van der Waals surface area contributed by atoms with Gasteiger partial charge in [0.1, 0.15) is 0 Å². The van der Waals surface area contributed by atoms with Crippen molar-refractivity contribution in [1.82, 2.24) is 9.97 Å². The molecule has 14 heavy (non-hydrogen) atoms. The summed E-state index contributed by atoms with van der Waals surface area (Å²) in [7, 11) is 0. The van der Waals surface area contributed by atoms with Crippen LogP contribution < -0.4 is 0 Å². The molecule has 0 aliphatic heterocycles. The summed E-state index contributed by atoms with van der Waals surface area (Å²) in [4.78, 5) is 18.3. The summed E-state index contributed by atoms with van der Waals surface area (Å²) in [5.74, 6) is 0. The molecule has 1 heterocycles. The van der Waals surface area contributed by atoms with E-state index < -0.39 is 4.92 Å². The zero-order chi connectivity index (χ0) is 10.1. The van der Waals surface area contributed by atoms with E-state index >= 15 is 0 Å². The maximum Gasteiger partial charge on any atom is 0.299 e. The number of rotatable bonds is 1. The topological polar surface area (TPSA) is 68.9 Å². The highest BCUT2D eigenvalue weighted by Gasteiger charge is 2.16. The maximum absolute atomic E-state index is 10.8. The van der Waals surface area contributed by atoms with E-state index in [0.29, 0.717) is 16.6 Å². The predicted molar refractivity (Wildman–Crippen MR) is 50.9 cm³/mol. The molecule has 0 bridgehead atoms. The molecule has 0 spiro atoms. The van der Waals surface area contributed by atoms with Crippen LogP contribution in [-0.4, -0.2) is 14.9 Å². The molecular weight excluding hydrogens is 182 g/mol. The van der Waals surface area contributed by atoms with Gasteiger partial charge in [-0.25, -0.2) is 4.98 Å². The molecule has 1 aromatic carbocycles. The molecule has 1 aromatic heterocycles. The van der Waals surface area contributed by atoms with Crippen LogP contribution in [0.1, 0.15) is 5.56 Å². The predicted octanol–water partition coefficient (Wildman–Crippen LogP) is 1.85. The molecule has 0 fully saturated rings. The van der Waals surface area contributed by atoms with Crippen molar-refractivity contribution in [1.29, 1.82) is 0 Å². The molecule has 5 heteroatoms. The lowest BCUT2D eigenvalue weighted by atomic mass is 10.1. The van der Waals surface area contributed by atoms with Crippen molar-refractivity contribution in [2.24, 2.45) is 0 Å². The highest BCUT2D eigenvalue weighted by Crippen LogP contribution is 2.25. The molecule has 0 saturated carbocycles. The number of aromatic nitrogens is 2. The largest absolute Gasteiger partial charge is 0.299 e. The molecule has 0 amide bonds. The molecule has 5 nitrogen and oxygen atoms in total. The number of aryl methyl sites for hydroxylation is 1. The van der Waals surface area contributed by atoms with Gasteiger partial charge in [-0.2, -0.15) is 0 Å². The fourth-order valence-electron chi connectivity index (χ4n) is 1.35. The summed E-state index contributed by atoms with van der Waals surface area (Å²) in [5, 5.41) is 10.8. The van der Waals surface area contributed by atoms with Gasteiger partial charge in [-0.1, -0.05) is 6.07 Å². The minimum absolute atomic E-state index is 0.0376. The van der Waals surface area contributed by atoms with Gasteiger partial charge >= 0.3 is 0 Å². The first-order valence-electron chi connectivity index (χ1n) is 4.05. The van der Waals surface area contributed by atoms with Gasteiger partial charge in [0.2, 0.25) is 0 Å². The van der Waals surface area contributed by atoms with Crippen molar-refractivity contribution in [2.45, 2.75) is 6.92 Å². The van der Waals surface area contributed by atoms with Crippen molar-refractivity contribution in [3.05, 3.63) is 40.2 Å². The number of nitro benzene ring substituents is 1. The lowest BCUT2D eigenvalue weighted by Gasteiger charge is -1.99. The Morgan fingerprint density at radius 2 is 2.00 bits per heavy atom. The Morgan fingerprint density at radius 3 is 2.71 bits per heavy atom. The summed E-state index contributed by atoms with van der Waals surface area (Å²) >= 11 is 0. The molecular formula is C9H7N3O2. The van der Waals surface area contributed by atoms with Crippen molar-refractivity contribution < 1.29 is 4.92 Å². The maximum atomic E-state index is 10.8. The molecule has 0 atom stereocenters. The lowest BCUT2D eigenvalue weighted by Crippen LogP contribution is -1.95. The van der Waals surface area contributed by atoms with Crippen LogP contribution in [0.2, 0.25) is 0 Å². The Balaban J connectivity index is 2.90. The summed E-state index contributed by atoms with van der Waals surface area (Å²) in [6.07, 6.45) is 2.97. The van der Waals surface area contributed by atoms with E-state index in [0.717, 1.165) is 0 Å². The van der Waals surface area contributed by atoms with Crippen molar-refractivity contribution in [3.63, 3.8) is 0 Å². The number of hydrogen-bond acceptors (Lipinski definition) is 4. The Hall–Kier alpha value is -2.04. The van der Waals surface area contributed by atoms with E-state index in [1.165, 1.54) is 12.4 Å². The standard InChI is InChI=1S/C9H7N3O2/c1-6-2-3-7-8(9(6)12(13)14)11-5-4-10-7/h2-5H,1H3. The van der Waals surface area contributed by atoms with Crippen molar-refractivity contribution in [3.8, 4) is 0 Å². The quantitative estimate of drug-likeness (QED) is 0.507.